The highest BCUT2D eigenvalue weighted by Gasteiger charge is 2.04. The Morgan fingerprint density at radius 3 is 2.18 bits per heavy atom. The molecule has 1 rings (SSSR count). The Balaban J connectivity index is 3.46. The van der Waals surface area contributed by atoms with Crippen molar-refractivity contribution < 1.29 is 0 Å². The highest BCUT2D eigenvalue weighted by atomic mass is 79.9. The average molecular weight is 214 g/mol. The van der Waals surface area contributed by atoms with Gasteiger partial charge in [0.15, 0.2) is 0 Å². The number of nitrogen functional groups attached to an aromatic ring is 1. The van der Waals surface area contributed by atoms with Gasteiger partial charge >= 0.3 is 0 Å². The molecule has 0 radical (unpaired) electrons. The lowest BCUT2D eigenvalue weighted by Crippen LogP contribution is -1.95. The number of anilines is 1. The molecule has 0 bridgehead atoms. The molecule has 60 valence electrons. The van der Waals surface area contributed by atoms with Crippen LogP contribution in [0.4, 0.5) is 5.69 Å². The van der Waals surface area contributed by atoms with Crippen LogP contribution in [0, 0.1) is 20.8 Å². The first kappa shape index (κ1) is 8.60. The summed E-state index contributed by atoms with van der Waals surface area (Å²) in [6, 6.07) is 1.96. The molecule has 0 aliphatic rings. The van der Waals surface area contributed by atoms with Crippen LogP contribution in [0.1, 0.15) is 16.7 Å². The van der Waals surface area contributed by atoms with Gasteiger partial charge in [0.25, 0.3) is 0 Å². The molecule has 0 aromatic heterocycles. The van der Waals surface area contributed by atoms with E-state index in [0.29, 0.717) is 0 Å². The van der Waals surface area contributed by atoms with Crippen LogP contribution in [0.25, 0.3) is 0 Å². The summed E-state index contributed by atoms with van der Waals surface area (Å²) in [6.07, 6.45) is 0. The van der Waals surface area contributed by atoms with Gasteiger partial charge in [0, 0.05) is 10.2 Å². The summed E-state index contributed by atoms with van der Waals surface area (Å²) >= 11 is 3.45. The molecule has 0 saturated heterocycles. The molecule has 0 aliphatic heterocycles. The van der Waals surface area contributed by atoms with Gasteiger partial charge in [-0.3, -0.25) is 0 Å². The van der Waals surface area contributed by atoms with Crippen LogP contribution in [0.15, 0.2) is 10.5 Å². The van der Waals surface area contributed by atoms with Crippen molar-refractivity contribution in [1.29, 1.82) is 0 Å². The Labute approximate surface area is 75.7 Å². The number of benzene rings is 1. The van der Waals surface area contributed by atoms with E-state index < -0.39 is 0 Å². The standard InChI is InChI=1S/C9H12BrN/c1-5-6(2)8(10)4-9(11)7(5)3/h4H,11H2,1-3H3. The third-order valence-electron chi connectivity index (χ3n) is 2.20. The van der Waals surface area contributed by atoms with Crippen LogP contribution in [0.3, 0.4) is 0 Å². The fraction of sp³-hybridized carbons (Fsp3) is 0.333. The highest BCUT2D eigenvalue weighted by molar-refractivity contribution is 9.10. The maximum absolute atomic E-state index is 5.76. The zero-order valence-electron chi connectivity index (χ0n) is 7.03. The fourth-order valence-electron chi connectivity index (χ4n) is 1.03. The van der Waals surface area contributed by atoms with E-state index in [1.165, 1.54) is 16.7 Å². The molecular formula is C9H12BrN. The molecule has 0 amide bonds. The minimum atomic E-state index is 0.861. The largest absolute Gasteiger partial charge is 0.398 e. The van der Waals surface area contributed by atoms with Crippen LogP contribution in [-0.2, 0) is 0 Å². The molecule has 11 heavy (non-hydrogen) atoms. The van der Waals surface area contributed by atoms with Gasteiger partial charge in [-0.15, -0.1) is 0 Å². The van der Waals surface area contributed by atoms with E-state index in [9.17, 15) is 0 Å². The molecule has 0 saturated carbocycles. The first-order valence-electron chi connectivity index (χ1n) is 3.56. The summed E-state index contributed by atoms with van der Waals surface area (Å²) < 4.78 is 1.10. The van der Waals surface area contributed by atoms with E-state index in [2.05, 4.69) is 29.8 Å². The summed E-state index contributed by atoms with van der Waals surface area (Å²) in [4.78, 5) is 0. The lowest BCUT2D eigenvalue weighted by Gasteiger charge is -2.09. The third-order valence-corrected chi connectivity index (χ3v) is 3.02. The normalized spacial score (nSPS) is 10.2. The summed E-state index contributed by atoms with van der Waals surface area (Å²) in [6.45, 7) is 6.22. The van der Waals surface area contributed by atoms with Gasteiger partial charge in [0.2, 0.25) is 0 Å². The zero-order valence-corrected chi connectivity index (χ0v) is 8.62. The van der Waals surface area contributed by atoms with Gasteiger partial charge in [-0.2, -0.15) is 0 Å². The number of hydrogen-bond donors (Lipinski definition) is 1. The fourth-order valence-corrected chi connectivity index (χ4v) is 1.57. The summed E-state index contributed by atoms with van der Waals surface area (Å²) in [5, 5.41) is 0. The van der Waals surface area contributed by atoms with Crippen molar-refractivity contribution >= 4 is 21.6 Å². The molecule has 2 N–H and O–H groups in total. The number of hydrogen-bond acceptors (Lipinski definition) is 1. The predicted octanol–water partition coefficient (Wildman–Crippen LogP) is 2.96. The molecule has 2 heteroatoms. The average Bonchev–Trinajstić information content (AvgIpc) is 1.97. The quantitative estimate of drug-likeness (QED) is 0.660. The van der Waals surface area contributed by atoms with E-state index in [1.807, 2.05) is 13.0 Å². The van der Waals surface area contributed by atoms with E-state index in [4.69, 9.17) is 5.73 Å². The summed E-state index contributed by atoms with van der Waals surface area (Å²) in [5.74, 6) is 0. The Kier molecular flexibility index (Phi) is 2.23. The van der Waals surface area contributed by atoms with Crippen LogP contribution >= 0.6 is 15.9 Å². The predicted molar refractivity (Wildman–Crippen MR) is 52.8 cm³/mol. The van der Waals surface area contributed by atoms with Crippen LogP contribution in [0.5, 0.6) is 0 Å². The van der Waals surface area contributed by atoms with Crippen molar-refractivity contribution in [2.24, 2.45) is 0 Å². The molecular weight excluding hydrogens is 202 g/mol. The maximum Gasteiger partial charge on any atom is 0.0357 e. The molecule has 0 spiro atoms. The molecule has 0 unspecified atom stereocenters. The Bertz CT molecular complexity index is 266. The highest BCUT2D eigenvalue weighted by Crippen LogP contribution is 2.26. The van der Waals surface area contributed by atoms with Crippen molar-refractivity contribution in [3.8, 4) is 0 Å². The van der Waals surface area contributed by atoms with Crippen molar-refractivity contribution in [1.82, 2.24) is 0 Å². The zero-order chi connectivity index (χ0) is 8.59. The molecule has 1 nitrogen and oxygen atoms in total. The van der Waals surface area contributed by atoms with Gasteiger partial charge in [0.05, 0.1) is 0 Å². The maximum atomic E-state index is 5.76. The van der Waals surface area contributed by atoms with Crippen LogP contribution < -0.4 is 5.73 Å². The van der Waals surface area contributed by atoms with Crippen molar-refractivity contribution in [2.45, 2.75) is 20.8 Å². The van der Waals surface area contributed by atoms with Crippen LogP contribution in [0.2, 0.25) is 0 Å². The van der Waals surface area contributed by atoms with Gasteiger partial charge in [0.1, 0.15) is 0 Å². The topological polar surface area (TPSA) is 26.0 Å². The first-order valence-corrected chi connectivity index (χ1v) is 4.35. The molecule has 1 aromatic carbocycles. The monoisotopic (exact) mass is 213 g/mol. The van der Waals surface area contributed by atoms with E-state index in [-0.39, 0.29) is 0 Å². The van der Waals surface area contributed by atoms with E-state index in [1.54, 1.807) is 0 Å². The summed E-state index contributed by atoms with van der Waals surface area (Å²) in [5.41, 5.74) is 10.4. The lowest BCUT2D eigenvalue weighted by atomic mass is 10.0. The number of rotatable bonds is 0. The smallest absolute Gasteiger partial charge is 0.0357 e. The second-order valence-electron chi connectivity index (χ2n) is 2.82. The summed E-state index contributed by atoms with van der Waals surface area (Å²) in [7, 11) is 0. The van der Waals surface area contributed by atoms with Crippen LogP contribution in [-0.4, -0.2) is 0 Å². The molecule has 0 aliphatic carbocycles. The SMILES string of the molecule is Cc1c(N)cc(Br)c(C)c1C. The number of nitrogens with two attached hydrogens (primary N) is 1. The molecule has 0 heterocycles. The van der Waals surface area contributed by atoms with Gasteiger partial charge in [-0.05, 0) is 43.5 Å². The van der Waals surface area contributed by atoms with Gasteiger partial charge in [-0.25, -0.2) is 0 Å². The molecule has 0 atom stereocenters. The number of halogens is 1. The first-order chi connectivity index (χ1) is 5.04. The molecule has 1 aromatic rings. The Hall–Kier alpha value is -0.500. The van der Waals surface area contributed by atoms with E-state index >= 15 is 0 Å². The lowest BCUT2D eigenvalue weighted by molar-refractivity contribution is 1.25. The third kappa shape index (κ3) is 1.41. The Morgan fingerprint density at radius 2 is 1.64 bits per heavy atom. The van der Waals surface area contributed by atoms with Crippen molar-refractivity contribution in [3.05, 3.63) is 27.2 Å². The van der Waals surface area contributed by atoms with Gasteiger partial charge in [-0.1, -0.05) is 15.9 Å². The minimum absolute atomic E-state index is 0.861. The van der Waals surface area contributed by atoms with E-state index in [0.717, 1.165) is 10.2 Å². The Morgan fingerprint density at radius 1 is 1.09 bits per heavy atom. The van der Waals surface area contributed by atoms with Crippen molar-refractivity contribution in [3.63, 3.8) is 0 Å². The minimum Gasteiger partial charge on any atom is -0.398 e. The van der Waals surface area contributed by atoms with Crippen molar-refractivity contribution in [2.75, 3.05) is 5.73 Å². The van der Waals surface area contributed by atoms with Gasteiger partial charge < -0.3 is 5.73 Å². The second-order valence-corrected chi connectivity index (χ2v) is 3.68. The molecule has 0 fully saturated rings. The second kappa shape index (κ2) is 2.86.